The SMILES string of the molecule is COc1ccc(Cl)cc1NCCC(=O)Nc1ccc(CCO)cc1. The Morgan fingerprint density at radius 2 is 1.96 bits per heavy atom. The number of hydrogen-bond donors (Lipinski definition) is 3. The molecule has 0 radical (unpaired) electrons. The first-order valence-electron chi connectivity index (χ1n) is 7.69. The number of hydrogen-bond acceptors (Lipinski definition) is 4. The summed E-state index contributed by atoms with van der Waals surface area (Å²) in [4.78, 5) is 12.0. The Hall–Kier alpha value is -2.24. The van der Waals surface area contributed by atoms with E-state index in [1.807, 2.05) is 24.3 Å². The van der Waals surface area contributed by atoms with Gasteiger partial charge in [-0.25, -0.2) is 0 Å². The highest BCUT2D eigenvalue weighted by atomic mass is 35.5. The lowest BCUT2D eigenvalue weighted by Crippen LogP contribution is -2.16. The normalized spacial score (nSPS) is 10.3. The van der Waals surface area contributed by atoms with Gasteiger partial charge in [0.25, 0.3) is 0 Å². The van der Waals surface area contributed by atoms with Gasteiger partial charge in [0.2, 0.25) is 5.91 Å². The molecule has 24 heavy (non-hydrogen) atoms. The van der Waals surface area contributed by atoms with Crippen LogP contribution in [0.2, 0.25) is 5.02 Å². The highest BCUT2D eigenvalue weighted by molar-refractivity contribution is 6.30. The van der Waals surface area contributed by atoms with Crippen LogP contribution in [0.3, 0.4) is 0 Å². The molecule has 0 bridgehead atoms. The number of methoxy groups -OCH3 is 1. The van der Waals surface area contributed by atoms with E-state index in [4.69, 9.17) is 21.4 Å². The van der Waals surface area contributed by atoms with Gasteiger partial charge in [-0.15, -0.1) is 0 Å². The van der Waals surface area contributed by atoms with Gasteiger partial charge in [-0.2, -0.15) is 0 Å². The predicted molar refractivity (Wildman–Crippen MR) is 97.0 cm³/mol. The number of benzene rings is 2. The second-order valence-electron chi connectivity index (χ2n) is 5.24. The first-order valence-corrected chi connectivity index (χ1v) is 8.07. The minimum atomic E-state index is -0.0848. The fraction of sp³-hybridized carbons (Fsp3) is 0.278. The number of amides is 1. The molecule has 2 aromatic carbocycles. The van der Waals surface area contributed by atoms with Crippen LogP contribution in [0.15, 0.2) is 42.5 Å². The lowest BCUT2D eigenvalue weighted by atomic mass is 10.1. The number of ether oxygens (including phenoxy) is 1. The highest BCUT2D eigenvalue weighted by Gasteiger charge is 2.06. The third kappa shape index (κ3) is 5.44. The number of halogens is 1. The van der Waals surface area contributed by atoms with Crippen molar-refractivity contribution >= 4 is 28.9 Å². The van der Waals surface area contributed by atoms with Crippen LogP contribution < -0.4 is 15.4 Å². The average Bonchev–Trinajstić information content (AvgIpc) is 2.57. The second-order valence-corrected chi connectivity index (χ2v) is 5.68. The van der Waals surface area contributed by atoms with E-state index in [-0.39, 0.29) is 12.5 Å². The van der Waals surface area contributed by atoms with Crippen molar-refractivity contribution in [3.05, 3.63) is 53.1 Å². The monoisotopic (exact) mass is 348 g/mol. The molecule has 2 aromatic rings. The minimum Gasteiger partial charge on any atom is -0.495 e. The zero-order chi connectivity index (χ0) is 17.4. The first-order chi connectivity index (χ1) is 11.6. The maximum Gasteiger partial charge on any atom is 0.226 e. The molecular formula is C18H21ClN2O3. The van der Waals surface area contributed by atoms with Crippen molar-refractivity contribution < 1.29 is 14.6 Å². The molecule has 0 fully saturated rings. The molecule has 0 spiro atoms. The van der Waals surface area contributed by atoms with Gasteiger partial charge < -0.3 is 20.5 Å². The summed E-state index contributed by atoms with van der Waals surface area (Å²) in [5.41, 5.74) is 2.53. The standard InChI is InChI=1S/C18H21ClN2O3/c1-24-17-7-4-14(19)12-16(17)20-10-8-18(23)21-15-5-2-13(3-6-15)9-11-22/h2-7,12,20,22H,8-11H2,1H3,(H,21,23). The quantitative estimate of drug-likeness (QED) is 0.684. The van der Waals surface area contributed by atoms with E-state index in [9.17, 15) is 4.79 Å². The lowest BCUT2D eigenvalue weighted by Gasteiger charge is -2.11. The van der Waals surface area contributed by atoms with E-state index in [2.05, 4.69) is 10.6 Å². The molecule has 0 saturated heterocycles. The van der Waals surface area contributed by atoms with Crippen LogP contribution in [-0.4, -0.2) is 31.3 Å². The van der Waals surface area contributed by atoms with E-state index in [1.165, 1.54) is 0 Å². The van der Waals surface area contributed by atoms with Gasteiger partial charge in [-0.3, -0.25) is 4.79 Å². The number of carbonyl (C=O) groups is 1. The third-order valence-electron chi connectivity index (χ3n) is 3.47. The zero-order valence-corrected chi connectivity index (χ0v) is 14.3. The van der Waals surface area contributed by atoms with Gasteiger partial charge in [0.05, 0.1) is 12.8 Å². The summed E-state index contributed by atoms with van der Waals surface area (Å²) in [5, 5.41) is 15.5. The van der Waals surface area contributed by atoms with Gasteiger partial charge in [0, 0.05) is 30.3 Å². The Labute approximate surface area is 146 Å². The zero-order valence-electron chi connectivity index (χ0n) is 13.5. The third-order valence-corrected chi connectivity index (χ3v) is 3.70. The smallest absolute Gasteiger partial charge is 0.226 e. The van der Waals surface area contributed by atoms with Gasteiger partial charge in [-0.05, 0) is 42.3 Å². The number of carbonyl (C=O) groups excluding carboxylic acids is 1. The van der Waals surface area contributed by atoms with Crippen LogP contribution >= 0.6 is 11.6 Å². The molecule has 0 saturated carbocycles. The van der Waals surface area contributed by atoms with Crippen molar-refractivity contribution in [2.24, 2.45) is 0 Å². The molecule has 0 aliphatic heterocycles. The van der Waals surface area contributed by atoms with Crippen LogP contribution in [0.4, 0.5) is 11.4 Å². The van der Waals surface area contributed by atoms with Gasteiger partial charge in [0.15, 0.2) is 0 Å². The molecule has 0 aliphatic rings. The van der Waals surface area contributed by atoms with Crippen LogP contribution in [0.1, 0.15) is 12.0 Å². The summed E-state index contributed by atoms with van der Waals surface area (Å²) < 4.78 is 5.25. The summed E-state index contributed by atoms with van der Waals surface area (Å²) in [6, 6.07) is 12.7. The molecule has 1 amide bonds. The summed E-state index contributed by atoms with van der Waals surface area (Å²) in [5.74, 6) is 0.595. The molecule has 2 rings (SSSR count). The van der Waals surface area contributed by atoms with E-state index in [1.54, 1.807) is 25.3 Å². The highest BCUT2D eigenvalue weighted by Crippen LogP contribution is 2.27. The van der Waals surface area contributed by atoms with Crippen LogP contribution in [0.5, 0.6) is 5.75 Å². The van der Waals surface area contributed by atoms with E-state index >= 15 is 0 Å². The summed E-state index contributed by atoms with van der Waals surface area (Å²) in [7, 11) is 1.58. The van der Waals surface area contributed by atoms with Crippen molar-refractivity contribution in [1.29, 1.82) is 0 Å². The molecule has 0 aliphatic carbocycles. The predicted octanol–water partition coefficient (Wildman–Crippen LogP) is 3.32. The number of aliphatic hydroxyl groups is 1. The van der Waals surface area contributed by atoms with Crippen molar-refractivity contribution in [1.82, 2.24) is 0 Å². The molecule has 5 nitrogen and oxygen atoms in total. The van der Waals surface area contributed by atoms with Crippen molar-refractivity contribution in [3.63, 3.8) is 0 Å². The van der Waals surface area contributed by atoms with Gasteiger partial charge >= 0.3 is 0 Å². The van der Waals surface area contributed by atoms with Gasteiger partial charge in [0.1, 0.15) is 5.75 Å². The number of rotatable bonds is 8. The Kier molecular flexibility index (Phi) is 6.90. The average molecular weight is 349 g/mol. The van der Waals surface area contributed by atoms with Crippen LogP contribution in [0.25, 0.3) is 0 Å². The molecule has 3 N–H and O–H groups in total. The molecule has 0 atom stereocenters. The summed E-state index contributed by atoms with van der Waals surface area (Å²) >= 11 is 5.97. The fourth-order valence-electron chi connectivity index (χ4n) is 2.24. The molecule has 0 heterocycles. The maximum atomic E-state index is 12.0. The fourth-order valence-corrected chi connectivity index (χ4v) is 2.41. The Morgan fingerprint density at radius 1 is 1.21 bits per heavy atom. The number of anilines is 2. The van der Waals surface area contributed by atoms with Crippen molar-refractivity contribution in [2.45, 2.75) is 12.8 Å². The van der Waals surface area contributed by atoms with Crippen molar-refractivity contribution in [2.75, 3.05) is 30.9 Å². The van der Waals surface area contributed by atoms with Gasteiger partial charge in [-0.1, -0.05) is 23.7 Å². The van der Waals surface area contributed by atoms with E-state index < -0.39 is 0 Å². The Morgan fingerprint density at radius 3 is 2.62 bits per heavy atom. The molecule has 6 heteroatoms. The molecule has 128 valence electrons. The summed E-state index contributed by atoms with van der Waals surface area (Å²) in [6.07, 6.45) is 0.924. The minimum absolute atomic E-state index is 0.0848. The summed E-state index contributed by atoms with van der Waals surface area (Å²) in [6.45, 7) is 0.579. The topological polar surface area (TPSA) is 70.6 Å². The molecule has 0 unspecified atom stereocenters. The number of nitrogens with one attached hydrogen (secondary N) is 2. The lowest BCUT2D eigenvalue weighted by molar-refractivity contribution is -0.115. The van der Waals surface area contributed by atoms with E-state index in [0.29, 0.717) is 30.2 Å². The largest absolute Gasteiger partial charge is 0.495 e. The Balaban J connectivity index is 1.82. The maximum absolute atomic E-state index is 12.0. The van der Waals surface area contributed by atoms with E-state index in [0.717, 1.165) is 16.9 Å². The number of aliphatic hydroxyl groups excluding tert-OH is 1. The molecule has 0 aromatic heterocycles. The Bertz CT molecular complexity index is 674. The second kappa shape index (κ2) is 9.15. The van der Waals surface area contributed by atoms with Crippen LogP contribution in [0, 0.1) is 0 Å². The first kappa shape index (κ1) is 18.1. The van der Waals surface area contributed by atoms with Crippen molar-refractivity contribution in [3.8, 4) is 5.75 Å². The van der Waals surface area contributed by atoms with Crippen LogP contribution in [-0.2, 0) is 11.2 Å². The molecular weight excluding hydrogens is 328 g/mol.